The maximum atomic E-state index is 9.59. The standard InChI is InChI=1S/C10H14O2/c11-9-8-5-7-1-3-10(8,4-2-7)6-12-9/h1,3,7-9,11H,2,4-6H2/t7-,8+,9?,10+/m0/s1. The Morgan fingerprint density at radius 1 is 1.50 bits per heavy atom. The van der Waals surface area contributed by atoms with E-state index < -0.39 is 6.29 Å². The molecule has 3 aliphatic carbocycles. The van der Waals surface area contributed by atoms with E-state index in [1.807, 2.05) is 0 Å². The Labute approximate surface area is 72.2 Å². The van der Waals surface area contributed by atoms with Gasteiger partial charge in [-0.05, 0) is 25.2 Å². The number of hydrogen-bond acceptors (Lipinski definition) is 2. The molecule has 2 fully saturated rings. The maximum absolute atomic E-state index is 9.59. The Hall–Kier alpha value is -0.340. The van der Waals surface area contributed by atoms with Crippen LogP contribution in [-0.2, 0) is 4.74 Å². The largest absolute Gasteiger partial charge is 0.368 e. The zero-order chi connectivity index (χ0) is 8.18. The van der Waals surface area contributed by atoms with Crippen LogP contribution in [-0.4, -0.2) is 18.0 Å². The van der Waals surface area contributed by atoms with Gasteiger partial charge in [0.1, 0.15) is 0 Å². The number of rotatable bonds is 0. The molecular formula is C10H14O2. The van der Waals surface area contributed by atoms with Gasteiger partial charge < -0.3 is 9.84 Å². The summed E-state index contributed by atoms with van der Waals surface area (Å²) in [6.45, 7) is 0.738. The molecule has 1 saturated heterocycles. The van der Waals surface area contributed by atoms with Gasteiger partial charge in [-0.1, -0.05) is 12.2 Å². The Bertz CT molecular complexity index is 236. The summed E-state index contributed by atoms with van der Waals surface area (Å²) >= 11 is 0. The number of ether oxygens (including phenoxy) is 1. The van der Waals surface area contributed by atoms with Crippen LogP contribution in [0.3, 0.4) is 0 Å². The number of hydrogen-bond donors (Lipinski definition) is 1. The van der Waals surface area contributed by atoms with E-state index in [-0.39, 0.29) is 5.41 Å². The molecule has 0 aromatic heterocycles. The molecule has 1 aliphatic heterocycles. The van der Waals surface area contributed by atoms with Crippen molar-refractivity contribution in [1.29, 1.82) is 0 Å². The van der Waals surface area contributed by atoms with Crippen molar-refractivity contribution in [2.45, 2.75) is 25.6 Å². The molecule has 2 bridgehead atoms. The van der Waals surface area contributed by atoms with Crippen molar-refractivity contribution < 1.29 is 9.84 Å². The van der Waals surface area contributed by atoms with E-state index in [1.54, 1.807) is 0 Å². The van der Waals surface area contributed by atoms with Crippen molar-refractivity contribution >= 4 is 0 Å². The number of fused-ring (bicyclic) bond motifs is 1. The molecule has 12 heavy (non-hydrogen) atoms. The fraction of sp³-hybridized carbons (Fsp3) is 0.800. The molecule has 1 heterocycles. The summed E-state index contributed by atoms with van der Waals surface area (Å²) in [6.07, 6.45) is 7.78. The Morgan fingerprint density at radius 2 is 2.42 bits per heavy atom. The first-order valence-electron chi connectivity index (χ1n) is 4.79. The summed E-state index contributed by atoms with van der Waals surface area (Å²) in [4.78, 5) is 0. The van der Waals surface area contributed by atoms with E-state index in [1.165, 1.54) is 12.8 Å². The summed E-state index contributed by atoms with van der Waals surface area (Å²) in [7, 11) is 0. The van der Waals surface area contributed by atoms with Gasteiger partial charge in [-0.2, -0.15) is 0 Å². The first-order chi connectivity index (χ1) is 5.80. The van der Waals surface area contributed by atoms with Crippen molar-refractivity contribution in [3.05, 3.63) is 12.2 Å². The topological polar surface area (TPSA) is 29.5 Å². The summed E-state index contributed by atoms with van der Waals surface area (Å²) in [5.74, 6) is 1.11. The van der Waals surface area contributed by atoms with Gasteiger partial charge in [-0.25, -0.2) is 0 Å². The molecule has 4 aliphatic rings. The molecule has 1 N–H and O–H groups in total. The number of aliphatic hydroxyl groups excluding tert-OH is 1. The molecule has 0 amide bonds. The van der Waals surface area contributed by atoms with Crippen molar-refractivity contribution in [3.63, 3.8) is 0 Å². The van der Waals surface area contributed by atoms with Crippen LogP contribution in [0.25, 0.3) is 0 Å². The van der Waals surface area contributed by atoms with E-state index in [0.29, 0.717) is 11.8 Å². The van der Waals surface area contributed by atoms with Crippen LogP contribution in [0.15, 0.2) is 12.2 Å². The Balaban J connectivity index is 2.02. The van der Waals surface area contributed by atoms with Crippen molar-refractivity contribution in [3.8, 4) is 0 Å². The van der Waals surface area contributed by atoms with Gasteiger partial charge in [0.2, 0.25) is 0 Å². The summed E-state index contributed by atoms with van der Waals surface area (Å²) < 4.78 is 5.33. The smallest absolute Gasteiger partial charge is 0.158 e. The SMILES string of the molecule is OC1OC[C@@]23C=C[C@@H](CC2)C[C@H]13. The highest BCUT2D eigenvalue weighted by molar-refractivity contribution is 5.16. The molecule has 4 atom stereocenters. The second kappa shape index (κ2) is 2.12. The predicted octanol–water partition coefficient (Wildman–Crippen LogP) is 1.31. The lowest BCUT2D eigenvalue weighted by molar-refractivity contribution is -0.0875. The highest BCUT2D eigenvalue weighted by atomic mass is 16.6. The molecule has 2 nitrogen and oxygen atoms in total. The number of allylic oxidation sites excluding steroid dienone is 1. The normalized spacial score (nSPS) is 55.9. The van der Waals surface area contributed by atoms with E-state index in [4.69, 9.17) is 4.74 Å². The fourth-order valence-corrected chi connectivity index (χ4v) is 3.01. The zero-order valence-electron chi connectivity index (χ0n) is 7.07. The highest BCUT2D eigenvalue weighted by Crippen LogP contribution is 2.54. The minimum absolute atomic E-state index is 0.216. The van der Waals surface area contributed by atoms with Gasteiger partial charge >= 0.3 is 0 Å². The van der Waals surface area contributed by atoms with E-state index in [0.717, 1.165) is 13.0 Å². The van der Waals surface area contributed by atoms with Crippen LogP contribution in [0.4, 0.5) is 0 Å². The van der Waals surface area contributed by atoms with Crippen LogP contribution in [0.5, 0.6) is 0 Å². The lowest BCUT2D eigenvalue weighted by Crippen LogP contribution is -2.39. The third-order valence-electron chi connectivity index (χ3n) is 3.84. The van der Waals surface area contributed by atoms with Gasteiger partial charge in [0.05, 0.1) is 6.61 Å². The minimum Gasteiger partial charge on any atom is -0.368 e. The van der Waals surface area contributed by atoms with Crippen molar-refractivity contribution in [1.82, 2.24) is 0 Å². The third-order valence-corrected chi connectivity index (χ3v) is 3.84. The van der Waals surface area contributed by atoms with Crippen LogP contribution >= 0.6 is 0 Å². The van der Waals surface area contributed by atoms with Crippen molar-refractivity contribution in [2.75, 3.05) is 6.61 Å². The van der Waals surface area contributed by atoms with Crippen LogP contribution < -0.4 is 0 Å². The average molecular weight is 166 g/mol. The maximum Gasteiger partial charge on any atom is 0.158 e. The predicted molar refractivity (Wildman–Crippen MR) is 44.4 cm³/mol. The van der Waals surface area contributed by atoms with Gasteiger partial charge in [-0.3, -0.25) is 0 Å². The van der Waals surface area contributed by atoms with Gasteiger partial charge in [0.15, 0.2) is 6.29 Å². The first-order valence-corrected chi connectivity index (χ1v) is 4.79. The molecular weight excluding hydrogens is 152 g/mol. The molecule has 66 valence electrons. The molecule has 1 spiro atoms. The monoisotopic (exact) mass is 166 g/mol. The van der Waals surface area contributed by atoms with Gasteiger partial charge in [-0.15, -0.1) is 0 Å². The van der Waals surface area contributed by atoms with Crippen LogP contribution in [0.2, 0.25) is 0 Å². The summed E-state index contributed by atoms with van der Waals surface area (Å²) in [5.41, 5.74) is 0.216. The molecule has 1 unspecified atom stereocenters. The quantitative estimate of drug-likeness (QED) is 0.550. The van der Waals surface area contributed by atoms with Gasteiger partial charge in [0.25, 0.3) is 0 Å². The Kier molecular flexibility index (Phi) is 1.25. The zero-order valence-corrected chi connectivity index (χ0v) is 7.07. The van der Waals surface area contributed by atoms with Crippen LogP contribution in [0.1, 0.15) is 19.3 Å². The van der Waals surface area contributed by atoms with E-state index >= 15 is 0 Å². The summed E-state index contributed by atoms with van der Waals surface area (Å²) in [6, 6.07) is 0. The lowest BCUT2D eigenvalue weighted by Gasteiger charge is -2.43. The summed E-state index contributed by atoms with van der Waals surface area (Å²) in [5, 5.41) is 9.59. The number of aliphatic hydroxyl groups is 1. The lowest BCUT2D eigenvalue weighted by atomic mass is 9.60. The Morgan fingerprint density at radius 3 is 3.08 bits per heavy atom. The van der Waals surface area contributed by atoms with E-state index in [2.05, 4.69) is 12.2 Å². The molecule has 0 aromatic carbocycles. The minimum atomic E-state index is -0.488. The third kappa shape index (κ3) is 0.723. The van der Waals surface area contributed by atoms with Gasteiger partial charge in [0, 0.05) is 11.3 Å². The average Bonchev–Trinajstić information content (AvgIpc) is 2.46. The second-order valence-corrected chi connectivity index (χ2v) is 4.43. The van der Waals surface area contributed by atoms with E-state index in [9.17, 15) is 5.11 Å². The molecule has 1 saturated carbocycles. The fourth-order valence-electron chi connectivity index (χ4n) is 3.01. The second-order valence-electron chi connectivity index (χ2n) is 4.43. The molecule has 0 radical (unpaired) electrons. The van der Waals surface area contributed by atoms with Crippen LogP contribution in [0, 0.1) is 17.3 Å². The highest BCUT2D eigenvalue weighted by Gasteiger charge is 2.52. The first kappa shape index (κ1) is 7.10. The van der Waals surface area contributed by atoms with Crippen molar-refractivity contribution in [2.24, 2.45) is 17.3 Å². The molecule has 0 aromatic rings. The molecule has 4 rings (SSSR count). The molecule has 2 heteroatoms.